The van der Waals surface area contributed by atoms with E-state index in [0.717, 1.165) is 0 Å². The summed E-state index contributed by atoms with van der Waals surface area (Å²) in [6.45, 7) is 0. The molecule has 0 N–H and O–H groups in total. The van der Waals surface area contributed by atoms with Crippen molar-refractivity contribution in [1.29, 1.82) is 0 Å². The molecule has 0 radical (unpaired) electrons. The Kier molecular flexibility index (Phi) is 5.61. The first-order valence-corrected chi connectivity index (χ1v) is 15.3. The Bertz CT molecular complexity index is 2520. The maximum Gasteiger partial charge on any atom is -0.00262 e. The molecule has 44 heavy (non-hydrogen) atoms. The van der Waals surface area contributed by atoms with E-state index in [9.17, 15) is 0 Å². The highest BCUT2D eigenvalue weighted by atomic mass is 14.2. The van der Waals surface area contributed by atoms with Crippen molar-refractivity contribution in [3.05, 3.63) is 170 Å². The van der Waals surface area contributed by atoms with Crippen LogP contribution in [0.3, 0.4) is 0 Å². The highest BCUT2D eigenvalue weighted by Gasteiger charge is 2.17. The number of benzene rings is 9. The molecule has 0 heterocycles. The molecular formula is C44H28. The first-order chi connectivity index (χ1) is 21.8. The van der Waals surface area contributed by atoms with Gasteiger partial charge in [-0.15, -0.1) is 0 Å². The minimum absolute atomic E-state index is 1.23. The van der Waals surface area contributed by atoms with Gasteiger partial charge in [0.2, 0.25) is 0 Å². The summed E-state index contributed by atoms with van der Waals surface area (Å²) >= 11 is 0. The van der Waals surface area contributed by atoms with Gasteiger partial charge in [0.25, 0.3) is 0 Å². The second-order valence-electron chi connectivity index (χ2n) is 11.7. The summed E-state index contributed by atoms with van der Waals surface area (Å²) < 4.78 is 0. The van der Waals surface area contributed by atoms with E-state index in [2.05, 4.69) is 170 Å². The molecule has 0 amide bonds. The quantitative estimate of drug-likeness (QED) is 0.150. The van der Waals surface area contributed by atoms with Crippen molar-refractivity contribution >= 4 is 53.9 Å². The van der Waals surface area contributed by atoms with Crippen LogP contribution >= 0.6 is 0 Å². The third kappa shape index (κ3) is 3.92. The topological polar surface area (TPSA) is 0 Å². The van der Waals surface area contributed by atoms with Gasteiger partial charge in [-0.25, -0.2) is 0 Å². The van der Waals surface area contributed by atoms with Crippen molar-refractivity contribution < 1.29 is 0 Å². The molecule has 0 aliphatic carbocycles. The Morgan fingerprint density at radius 3 is 1.34 bits per heavy atom. The number of hydrogen-bond acceptors (Lipinski definition) is 0. The lowest BCUT2D eigenvalue weighted by Crippen LogP contribution is -1.91. The van der Waals surface area contributed by atoms with Crippen LogP contribution in [0.4, 0.5) is 0 Å². The Morgan fingerprint density at radius 1 is 0.205 bits per heavy atom. The average Bonchev–Trinajstić information content (AvgIpc) is 3.10. The van der Waals surface area contributed by atoms with Crippen molar-refractivity contribution in [2.75, 3.05) is 0 Å². The summed E-state index contributed by atoms with van der Waals surface area (Å²) in [5, 5.41) is 12.8. The van der Waals surface area contributed by atoms with Crippen molar-refractivity contribution in [2.24, 2.45) is 0 Å². The van der Waals surface area contributed by atoms with Crippen LogP contribution < -0.4 is 0 Å². The van der Waals surface area contributed by atoms with Crippen molar-refractivity contribution in [1.82, 2.24) is 0 Å². The van der Waals surface area contributed by atoms with E-state index in [1.165, 1.54) is 87.2 Å². The van der Waals surface area contributed by atoms with Gasteiger partial charge in [0.1, 0.15) is 0 Å². The smallest absolute Gasteiger partial charge is 0.00262 e. The molecule has 0 saturated heterocycles. The maximum absolute atomic E-state index is 2.41. The minimum Gasteiger partial charge on any atom is -0.0622 e. The molecule has 9 aromatic carbocycles. The molecule has 0 bridgehead atoms. The zero-order valence-electron chi connectivity index (χ0n) is 24.2. The zero-order chi connectivity index (χ0) is 29.0. The fourth-order valence-electron chi connectivity index (χ4n) is 7.11. The van der Waals surface area contributed by atoms with Gasteiger partial charge in [-0.2, -0.15) is 0 Å². The third-order valence-corrected chi connectivity index (χ3v) is 9.19. The van der Waals surface area contributed by atoms with E-state index in [-0.39, 0.29) is 0 Å². The molecule has 0 saturated carbocycles. The minimum atomic E-state index is 1.23. The number of fused-ring (bicyclic) bond motifs is 6. The second-order valence-corrected chi connectivity index (χ2v) is 11.7. The summed E-state index contributed by atoms with van der Waals surface area (Å²) in [6, 6.07) is 62.4. The molecule has 0 aliphatic rings. The molecule has 0 heteroatoms. The van der Waals surface area contributed by atoms with Crippen LogP contribution in [-0.4, -0.2) is 0 Å². The van der Waals surface area contributed by atoms with E-state index in [4.69, 9.17) is 0 Å². The van der Waals surface area contributed by atoms with Gasteiger partial charge in [0.15, 0.2) is 0 Å². The fraction of sp³-hybridized carbons (Fsp3) is 0. The summed E-state index contributed by atoms with van der Waals surface area (Å²) in [7, 11) is 0. The Morgan fingerprint density at radius 2 is 0.659 bits per heavy atom. The standard InChI is InChI=1S/C44H28/c1-3-11-30(12-4-1)43-37-17-9-10-18-38(37)44(31-13-5-2-6-14-31)42-28-35(23-24-39(42)43)34-21-19-29-20-22-36-25-32-15-7-8-16-33(32)26-41(36)40(29)27-34/h1-28H. The summed E-state index contributed by atoms with van der Waals surface area (Å²) in [5.41, 5.74) is 7.51. The lowest BCUT2D eigenvalue weighted by atomic mass is 9.84. The van der Waals surface area contributed by atoms with E-state index in [1.807, 2.05) is 0 Å². The van der Waals surface area contributed by atoms with Gasteiger partial charge < -0.3 is 0 Å². The van der Waals surface area contributed by atoms with Gasteiger partial charge in [-0.3, -0.25) is 0 Å². The molecule has 9 aromatic rings. The third-order valence-electron chi connectivity index (χ3n) is 9.19. The van der Waals surface area contributed by atoms with E-state index >= 15 is 0 Å². The predicted molar refractivity (Wildman–Crippen MR) is 190 cm³/mol. The lowest BCUT2D eigenvalue weighted by molar-refractivity contribution is 1.64. The van der Waals surface area contributed by atoms with Crippen LogP contribution in [0.25, 0.3) is 87.2 Å². The molecule has 0 nitrogen and oxygen atoms in total. The monoisotopic (exact) mass is 556 g/mol. The second kappa shape index (κ2) is 9.93. The van der Waals surface area contributed by atoms with Crippen molar-refractivity contribution in [3.63, 3.8) is 0 Å². The fourth-order valence-corrected chi connectivity index (χ4v) is 7.11. The normalized spacial score (nSPS) is 11.6. The molecule has 0 atom stereocenters. The summed E-state index contributed by atoms with van der Waals surface area (Å²) in [5.74, 6) is 0. The summed E-state index contributed by atoms with van der Waals surface area (Å²) in [6.07, 6.45) is 0. The van der Waals surface area contributed by atoms with Crippen LogP contribution in [-0.2, 0) is 0 Å². The van der Waals surface area contributed by atoms with Gasteiger partial charge in [0, 0.05) is 0 Å². The Hall–Kier alpha value is -5.72. The number of hydrogen-bond donors (Lipinski definition) is 0. The molecule has 0 aliphatic heterocycles. The van der Waals surface area contributed by atoms with Gasteiger partial charge in [0.05, 0.1) is 0 Å². The van der Waals surface area contributed by atoms with Crippen LogP contribution in [0.5, 0.6) is 0 Å². The van der Waals surface area contributed by atoms with Gasteiger partial charge in [-0.1, -0.05) is 146 Å². The molecule has 204 valence electrons. The van der Waals surface area contributed by atoms with Crippen LogP contribution in [0, 0.1) is 0 Å². The van der Waals surface area contributed by atoms with Gasteiger partial charge in [-0.05, 0) is 112 Å². The summed E-state index contributed by atoms with van der Waals surface area (Å²) in [4.78, 5) is 0. The van der Waals surface area contributed by atoms with Gasteiger partial charge >= 0.3 is 0 Å². The first-order valence-electron chi connectivity index (χ1n) is 15.3. The molecule has 0 unspecified atom stereocenters. The maximum atomic E-state index is 2.41. The highest BCUT2D eigenvalue weighted by molar-refractivity contribution is 6.22. The largest absolute Gasteiger partial charge is 0.0622 e. The Labute approximate surface area is 256 Å². The Balaban J connectivity index is 1.35. The van der Waals surface area contributed by atoms with Crippen LogP contribution in [0.1, 0.15) is 0 Å². The lowest BCUT2D eigenvalue weighted by Gasteiger charge is -2.19. The molecule has 0 spiro atoms. The predicted octanol–water partition coefficient (Wildman–Crippen LogP) is 12.5. The number of rotatable bonds is 3. The molecule has 0 aromatic heterocycles. The first kappa shape index (κ1) is 24.8. The van der Waals surface area contributed by atoms with Crippen molar-refractivity contribution in [3.8, 4) is 33.4 Å². The van der Waals surface area contributed by atoms with Crippen molar-refractivity contribution in [2.45, 2.75) is 0 Å². The zero-order valence-corrected chi connectivity index (χ0v) is 24.2. The molecular weight excluding hydrogens is 528 g/mol. The highest BCUT2D eigenvalue weighted by Crippen LogP contribution is 2.45. The molecule has 9 rings (SSSR count). The van der Waals surface area contributed by atoms with E-state index < -0.39 is 0 Å². The van der Waals surface area contributed by atoms with Crippen LogP contribution in [0.2, 0.25) is 0 Å². The van der Waals surface area contributed by atoms with Crippen LogP contribution in [0.15, 0.2) is 170 Å². The van der Waals surface area contributed by atoms with E-state index in [0.29, 0.717) is 0 Å². The SMILES string of the molecule is c1ccc(-c2c3ccccc3c(-c3ccccc3)c3cc(-c4ccc5ccc6cc7ccccc7cc6c5c4)ccc23)cc1. The van der Waals surface area contributed by atoms with E-state index in [1.54, 1.807) is 0 Å². The average molecular weight is 557 g/mol. The molecule has 0 fully saturated rings.